The molecule has 0 bridgehead atoms. The number of halogens is 2. The number of nitrogens with one attached hydrogen (secondary N) is 1. The summed E-state index contributed by atoms with van der Waals surface area (Å²) in [6, 6.07) is 9.71. The van der Waals surface area contributed by atoms with E-state index in [1.807, 2.05) is 49.7 Å². The third-order valence-corrected chi connectivity index (χ3v) is 6.75. The quantitative estimate of drug-likeness (QED) is 0.262. The second kappa shape index (κ2) is 11.0. The highest BCUT2D eigenvalue weighted by Gasteiger charge is 2.21. The highest BCUT2D eigenvalue weighted by molar-refractivity contribution is 14.1. The van der Waals surface area contributed by atoms with Gasteiger partial charge in [-0.2, -0.15) is 5.10 Å². The van der Waals surface area contributed by atoms with Gasteiger partial charge >= 0.3 is 0 Å². The van der Waals surface area contributed by atoms with Crippen molar-refractivity contribution >= 4 is 51.4 Å². The smallest absolute Gasteiger partial charge is 0.155 e. The molecule has 35 heavy (non-hydrogen) atoms. The third kappa shape index (κ3) is 6.36. The molecule has 182 valence electrons. The van der Waals surface area contributed by atoms with Gasteiger partial charge in [-0.05, 0) is 77.2 Å². The van der Waals surface area contributed by atoms with Crippen LogP contribution in [0.2, 0.25) is 5.02 Å². The molecule has 3 N–H and O–H groups in total. The molecule has 1 aromatic carbocycles. The minimum atomic E-state index is -0.385. The Morgan fingerprint density at radius 3 is 2.74 bits per heavy atom. The molecule has 0 amide bonds. The van der Waals surface area contributed by atoms with Crippen LogP contribution in [0.5, 0.6) is 5.75 Å². The van der Waals surface area contributed by atoms with E-state index >= 15 is 0 Å². The van der Waals surface area contributed by atoms with Crippen molar-refractivity contribution in [1.29, 1.82) is 0 Å². The van der Waals surface area contributed by atoms with E-state index < -0.39 is 0 Å². The zero-order valence-corrected chi connectivity index (χ0v) is 22.8. The van der Waals surface area contributed by atoms with Crippen molar-refractivity contribution < 1.29 is 4.74 Å². The number of rotatable bonds is 6. The number of hydrogen-bond donors (Lipinski definition) is 2. The fraction of sp³-hybridized carbons (Fsp3) is 0.308. The van der Waals surface area contributed by atoms with Crippen LogP contribution in [0.25, 0.3) is 22.2 Å². The molecule has 0 spiro atoms. The summed E-state index contributed by atoms with van der Waals surface area (Å²) < 4.78 is 7.12. The summed E-state index contributed by atoms with van der Waals surface area (Å²) in [5.41, 5.74) is 11.0. The Bertz CT molecular complexity index is 1350. The van der Waals surface area contributed by atoms with Crippen LogP contribution in [0.3, 0.4) is 0 Å². The fourth-order valence-electron chi connectivity index (χ4n) is 4.10. The highest BCUT2D eigenvalue weighted by atomic mass is 127. The van der Waals surface area contributed by atoms with E-state index in [9.17, 15) is 0 Å². The van der Waals surface area contributed by atoms with Gasteiger partial charge in [0.05, 0.1) is 23.5 Å². The van der Waals surface area contributed by atoms with Gasteiger partial charge in [0, 0.05) is 38.7 Å². The van der Waals surface area contributed by atoms with Crippen LogP contribution in [-0.4, -0.2) is 38.5 Å². The van der Waals surface area contributed by atoms with Crippen molar-refractivity contribution in [3.05, 3.63) is 68.8 Å². The Kier molecular flexibility index (Phi) is 8.03. The number of hydrogen-bond acceptors (Lipinski definition) is 6. The molecule has 9 heteroatoms. The number of nitrogens with zero attached hydrogens (tertiary/aromatic N) is 4. The molecule has 0 radical (unpaired) electrons. The predicted molar refractivity (Wildman–Crippen MR) is 150 cm³/mol. The normalized spacial score (nSPS) is 13.9. The van der Waals surface area contributed by atoms with E-state index in [4.69, 9.17) is 22.1 Å². The summed E-state index contributed by atoms with van der Waals surface area (Å²) in [6.07, 6.45) is 8.12. The maximum Gasteiger partial charge on any atom is 0.155 e. The van der Waals surface area contributed by atoms with Crippen LogP contribution in [0.1, 0.15) is 38.4 Å². The number of fused-ring (bicyclic) bond motifs is 2. The number of ether oxygens (including phenoxy) is 1. The van der Waals surface area contributed by atoms with Crippen LogP contribution in [0.15, 0.2) is 53.9 Å². The van der Waals surface area contributed by atoms with Crippen LogP contribution in [-0.2, 0) is 6.54 Å². The number of benzene rings is 1. The van der Waals surface area contributed by atoms with Gasteiger partial charge in [0.15, 0.2) is 5.65 Å². The van der Waals surface area contributed by atoms with Crippen molar-refractivity contribution in [3.8, 4) is 16.9 Å². The molecule has 0 fully saturated rings. The number of aromatic nitrogens is 4. The summed E-state index contributed by atoms with van der Waals surface area (Å²) in [5.74, 6) is 1.16. The van der Waals surface area contributed by atoms with Crippen LogP contribution in [0, 0.1) is 9.49 Å². The number of nitrogens with two attached hydrogens (primary N) is 1. The van der Waals surface area contributed by atoms with Crippen LogP contribution >= 0.6 is 34.2 Å². The van der Waals surface area contributed by atoms with Crippen molar-refractivity contribution in [3.63, 3.8) is 0 Å². The van der Waals surface area contributed by atoms with E-state index in [1.165, 1.54) is 9.13 Å². The van der Waals surface area contributed by atoms with E-state index in [0.717, 1.165) is 40.8 Å². The molecule has 4 aromatic rings. The van der Waals surface area contributed by atoms with Crippen molar-refractivity contribution in [2.24, 2.45) is 16.6 Å². The summed E-state index contributed by atoms with van der Waals surface area (Å²) in [5, 5.41) is 8.44. The Morgan fingerprint density at radius 1 is 1.20 bits per heavy atom. The molecule has 0 aliphatic carbocycles. The van der Waals surface area contributed by atoms with Gasteiger partial charge in [0.1, 0.15) is 12.4 Å². The molecule has 1 atom stereocenters. The maximum atomic E-state index is 6.43. The summed E-state index contributed by atoms with van der Waals surface area (Å²) in [7, 11) is 0. The highest BCUT2D eigenvalue weighted by Crippen LogP contribution is 2.33. The van der Waals surface area contributed by atoms with E-state index in [-0.39, 0.29) is 5.54 Å². The first-order chi connectivity index (χ1) is 16.7. The van der Waals surface area contributed by atoms with Gasteiger partial charge in [-0.1, -0.05) is 31.5 Å². The van der Waals surface area contributed by atoms with Gasteiger partial charge in [-0.3, -0.25) is 15.1 Å². The predicted octanol–water partition coefficient (Wildman–Crippen LogP) is 6.04. The van der Waals surface area contributed by atoms with Crippen LogP contribution < -0.4 is 10.5 Å². The number of aromatic amines is 1. The van der Waals surface area contributed by atoms with Crippen molar-refractivity contribution in [2.75, 3.05) is 6.61 Å². The first-order valence-corrected chi connectivity index (χ1v) is 12.8. The van der Waals surface area contributed by atoms with Gasteiger partial charge in [0.2, 0.25) is 0 Å². The lowest BCUT2D eigenvalue weighted by Gasteiger charge is -2.26. The molecule has 7 nitrogen and oxygen atoms in total. The number of pyridine rings is 2. The Hall–Kier alpha value is -2.56. The topological polar surface area (TPSA) is 102 Å². The molecule has 1 aliphatic rings. The average molecular weight is 603 g/mol. The summed E-state index contributed by atoms with van der Waals surface area (Å²) >= 11 is 8.73. The molecule has 0 saturated heterocycles. The van der Waals surface area contributed by atoms with E-state index in [2.05, 4.69) is 61.6 Å². The number of aliphatic imine (C=N–C) groups is 1. The Balaban J connectivity index is 0.000000239. The first-order valence-electron chi connectivity index (χ1n) is 11.4. The molecular weight excluding hydrogens is 575 g/mol. The van der Waals surface area contributed by atoms with Crippen LogP contribution in [0.4, 0.5) is 0 Å². The summed E-state index contributed by atoms with van der Waals surface area (Å²) in [4.78, 5) is 12.6. The second-order valence-corrected chi connectivity index (χ2v) is 10.9. The van der Waals surface area contributed by atoms with E-state index in [0.29, 0.717) is 23.3 Å². The molecule has 3 aromatic heterocycles. The monoisotopic (exact) mass is 602 g/mol. The van der Waals surface area contributed by atoms with Crippen molar-refractivity contribution in [1.82, 2.24) is 20.2 Å². The Morgan fingerprint density at radius 2 is 2.00 bits per heavy atom. The zero-order valence-electron chi connectivity index (χ0n) is 19.9. The SMILES string of the molecule is CC(C)C[C@](C)(N)COc1ccc(-c2ccnc3[nH]ncc23)cc1Cl.Ic1ccnc2c1C=NC2. The first kappa shape index (κ1) is 25.5. The molecule has 5 rings (SSSR count). The molecule has 1 aliphatic heterocycles. The fourth-order valence-corrected chi connectivity index (χ4v) is 4.94. The van der Waals surface area contributed by atoms with Crippen molar-refractivity contribution in [2.45, 2.75) is 39.3 Å². The Labute approximate surface area is 223 Å². The van der Waals surface area contributed by atoms with Gasteiger partial charge < -0.3 is 10.5 Å². The third-order valence-electron chi connectivity index (χ3n) is 5.51. The average Bonchev–Trinajstić information content (AvgIpc) is 3.48. The zero-order chi connectivity index (χ0) is 25.0. The lowest BCUT2D eigenvalue weighted by Crippen LogP contribution is -2.43. The minimum Gasteiger partial charge on any atom is -0.490 e. The molecule has 0 saturated carbocycles. The lowest BCUT2D eigenvalue weighted by molar-refractivity contribution is 0.207. The maximum absolute atomic E-state index is 6.43. The second-order valence-electron chi connectivity index (χ2n) is 9.30. The number of H-pyrrole nitrogens is 1. The summed E-state index contributed by atoms with van der Waals surface area (Å²) in [6.45, 7) is 7.48. The lowest BCUT2D eigenvalue weighted by atomic mass is 9.93. The molecule has 0 unspecified atom stereocenters. The molecular formula is C26H28ClIN6O. The van der Waals surface area contributed by atoms with Gasteiger partial charge in [0.25, 0.3) is 0 Å². The largest absolute Gasteiger partial charge is 0.490 e. The van der Waals surface area contributed by atoms with Gasteiger partial charge in [-0.25, -0.2) is 4.98 Å². The molecule has 4 heterocycles. The minimum absolute atomic E-state index is 0.385. The standard InChI is InChI=1S/C19H23ClN4O.C7H5IN2/c1-12(2)9-19(3,21)11-25-17-5-4-13(8-16(17)20)14-6-7-22-18-15(14)10-23-24-18;8-6-1-2-10-7-4-9-3-5(6)7/h4-8,10,12H,9,11,21H2,1-3H3,(H,22,23,24);1-3H,4H2/t19-;/m0./s1. The van der Waals surface area contributed by atoms with E-state index in [1.54, 1.807) is 12.4 Å². The van der Waals surface area contributed by atoms with Gasteiger partial charge in [-0.15, -0.1) is 0 Å².